The number of aliphatic hydroxyl groups is 1. The van der Waals surface area contributed by atoms with Gasteiger partial charge in [0, 0.05) is 18.2 Å². The lowest BCUT2D eigenvalue weighted by Gasteiger charge is -2.18. The van der Waals surface area contributed by atoms with Crippen LogP contribution in [0.3, 0.4) is 0 Å². The minimum atomic E-state index is -0.678. The Morgan fingerprint density at radius 1 is 1.42 bits per heavy atom. The third kappa shape index (κ3) is 4.13. The molecule has 0 spiro atoms. The lowest BCUT2D eigenvalue weighted by Crippen LogP contribution is -2.36. The van der Waals surface area contributed by atoms with Crippen molar-refractivity contribution in [3.8, 4) is 11.5 Å². The highest BCUT2D eigenvalue weighted by Crippen LogP contribution is 2.30. The van der Waals surface area contributed by atoms with E-state index in [0.717, 1.165) is 0 Å². The minimum absolute atomic E-state index is 0.193. The Labute approximate surface area is 113 Å². The zero-order valence-corrected chi connectivity index (χ0v) is 11.8. The molecule has 5 heteroatoms. The van der Waals surface area contributed by atoms with E-state index >= 15 is 0 Å². The fourth-order valence-electron chi connectivity index (χ4n) is 1.65. The number of ether oxygens (including phenoxy) is 2. The van der Waals surface area contributed by atoms with Crippen LogP contribution in [0.1, 0.15) is 32.4 Å². The standard InChI is InChI=1S/C14H21NO4/c1-5-15-14(17)10(3)19-13-8-11(18-4)6-7-12(13)9(2)16/h6-10,16H,5H2,1-4H3,(H,15,17)/t9-,10?/m1/s1. The molecule has 0 saturated carbocycles. The van der Waals surface area contributed by atoms with Crippen molar-refractivity contribution >= 4 is 5.91 Å². The molecule has 2 N–H and O–H groups in total. The van der Waals surface area contributed by atoms with Crippen LogP contribution >= 0.6 is 0 Å². The van der Waals surface area contributed by atoms with Crippen molar-refractivity contribution in [2.75, 3.05) is 13.7 Å². The number of carbonyl (C=O) groups is 1. The second-order valence-corrected chi connectivity index (χ2v) is 4.23. The highest BCUT2D eigenvalue weighted by molar-refractivity contribution is 5.80. The summed E-state index contributed by atoms with van der Waals surface area (Å²) in [5.74, 6) is 0.873. The van der Waals surface area contributed by atoms with Crippen molar-refractivity contribution in [1.29, 1.82) is 0 Å². The summed E-state index contributed by atoms with van der Waals surface area (Å²) in [5.41, 5.74) is 0.622. The van der Waals surface area contributed by atoms with Crippen molar-refractivity contribution in [3.63, 3.8) is 0 Å². The number of likely N-dealkylation sites (N-methyl/N-ethyl adjacent to an activating group) is 1. The summed E-state index contributed by atoms with van der Waals surface area (Å²) in [6.07, 6.45) is -1.31. The lowest BCUT2D eigenvalue weighted by atomic mass is 10.1. The van der Waals surface area contributed by atoms with Crippen molar-refractivity contribution in [2.45, 2.75) is 33.0 Å². The predicted molar refractivity (Wildman–Crippen MR) is 72.4 cm³/mol. The van der Waals surface area contributed by atoms with Crippen LogP contribution in [0, 0.1) is 0 Å². The molecule has 0 aliphatic rings. The van der Waals surface area contributed by atoms with Gasteiger partial charge in [-0.05, 0) is 32.9 Å². The number of amides is 1. The van der Waals surface area contributed by atoms with Gasteiger partial charge in [0.25, 0.3) is 5.91 Å². The maximum absolute atomic E-state index is 11.7. The lowest BCUT2D eigenvalue weighted by molar-refractivity contribution is -0.127. The maximum Gasteiger partial charge on any atom is 0.260 e. The van der Waals surface area contributed by atoms with E-state index in [2.05, 4.69) is 5.32 Å². The molecule has 0 aromatic heterocycles. The fraction of sp³-hybridized carbons (Fsp3) is 0.500. The second kappa shape index (κ2) is 6.99. The quantitative estimate of drug-likeness (QED) is 0.822. The van der Waals surface area contributed by atoms with Crippen molar-refractivity contribution in [3.05, 3.63) is 23.8 Å². The van der Waals surface area contributed by atoms with E-state index in [0.29, 0.717) is 23.6 Å². The molecule has 0 saturated heterocycles. The molecular weight excluding hydrogens is 246 g/mol. The Hall–Kier alpha value is -1.75. The monoisotopic (exact) mass is 267 g/mol. The molecule has 1 rings (SSSR count). The van der Waals surface area contributed by atoms with E-state index in [4.69, 9.17) is 9.47 Å². The number of carbonyl (C=O) groups excluding carboxylic acids is 1. The first-order valence-electron chi connectivity index (χ1n) is 6.30. The Kier molecular flexibility index (Phi) is 5.63. The number of nitrogens with one attached hydrogen (secondary N) is 1. The van der Waals surface area contributed by atoms with Crippen molar-refractivity contribution in [2.24, 2.45) is 0 Å². The zero-order valence-electron chi connectivity index (χ0n) is 11.8. The van der Waals surface area contributed by atoms with Crippen LogP contribution in [-0.2, 0) is 4.79 Å². The first-order valence-corrected chi connectivity index (χ1v) is 6.30. The molecule has 0 aliphatic heterocycles. The summed E-state index contributed by atoms with van der Waals surface area (Å²) in [4.78, 5) is 11.7. The van der Waals surface area contributed by atoms with Crippen LogP contribution in [0.5, 0.6) is 11.5 Å². The number of methoxy groups -OCH3 is 1. The Balaban J connectivity index is 2.94. The topological polar surface area (TPSA) is 67.8 Å². The highest BCUT2D eigenvalue weighted by Gasteiger charge is 2.17. The predicted octanol–water partition coefficient (Wildman–Crippen LogP) is 1.65. The Morgan fingerprint density at radius 3 is 2.63 bits per heavy atom. The molecule has 1 unspecified atom stereocenters. The summed E-state index contributed by atoms with van der Waals surface area (Å²) < 4.78 is 10.7. The first-order chi connectivity index (χ1) is 8.99. The first kappa shape index (κ1) is 15.3. The van der Waals surface area contributed by atoms with E-state index in [1.54, 1.807) is 39.2 Å². The zero-order chi connectivity index (χ0) is 14.4. The molecule has 0 radical (unpaired) electrons. The number of hydrogen-bond acceptors (Lipinski definition) is 4. The molecule has 1 aromatic carbocycles. The summed E-state index contributed by atoms with van der Waals surface area (Å²) in [5, 5.41) is 12.4. The average molecular weight is 267 g/mol. The van der Waals surface area contributed by atoms with Crippen molar-refractivity contribution < 1.29 is 19.4 Å². The molecule has 0 fully saturated rings. The van der Waals surface area contributed by atoms with Gasteiger partial charge >= 0.3 is 0 Å². The Bertz CT molecular complexity index is 431. The second-order valence-electron chi connectivity index (χ2n) is 4.23. The van der Waals surface area contributed by atoms with Gasteiger partial charge in [-0.15, -0.1) is 0 Å². The normalized spacial score (nSPS) is 13.5. The van der Waals surface area contributed by atoms with Gasteiger partial charge in [0.15, 0.2) is 6.10 Å². The van der Waals surface area contributed by atoms with Gasteiger partial charge in [0.05, 0.1) is 13.2 Å². The van der Waals surface area contributed by atoms with Gasteiger partial charge in [-0.1, -0.05) is 0 Å². The average Bonchev–Trinajstić information content (AvgIpc) is 2.38. The van der Waals surface area contributed by atoms with Crippen LogP contribution in [0.4, 0.5) is 0 Å². The number of hydrogen-bond donors (Lipinski definition) is 2. The molecular formula is C14H21NO4. The van der Waals surface area contributed by atoms with E-state index in [-0.39, 0.29) is 5.91 Å². The molecule has 0 aliphatic carbocycles. The van der Waals surface area contributed by atoms with Gasteiger partial charge in [-0.25, -0.2) is 0 Å². The number of rotatable bonds is 6. The van der Waals surface area contributed by atoms with E-state index in [1.807, 2.05) is 6.92 Å². The summed E-state index contributed by atoms with van der Waals surface area (Å²) in [6.45, 7) is 5.70. The van der Waals surface area contributed by atoms with Gasteiger partial charge in [-0.3, -0.25) is 4.79 Å². The molecule has 1 amide bonds. The molecule has 0 bridgehead atoms. The molecule has 106 valence electrons. The van der Waals surface area contributed by atoms with E-state index < -0.39 is 12.2 Å². The van der Waals surface area contributed by atoms with Crippen LogP contribution in [0.2, 0.25) is 0 Å². The molecule has 0 heterocycles. The summed E-state index contributed by atoms with van der Waals surface area (Å²) in [6, 6.07) is 5.13. The van der Waals surface area contributed by atoms with Gasteiger partial charge in [0.1, 0.15) is 11.5 Å². The number of aliphatic hydroxyl groups excluding tert-OH is 1. The van der Waals surface area contributed by atoms with Crippen molar-refractivity contribution in [1.82, 2.24) is 5.32 Å². The third-order valence-electron chi connectivity index (χ3n) is 2.69. The molecule has 5 nitrogen and oxygen atoms in total. The van der Waals surface area contributed by atoms with E-state index in [1.165, 1.54) is 0 Å². The summed E-state index contributed by atoms with van der Waals surface area (Å²) >= 11 is 0. The number of benzene rings is 1. The van der Waals surface area contributed by atoms with Crippen LogP contribution in [0.25, 0.3) is 0 Å². The largest absolute Gasteiger partial charge is 0.497 e. The molecule has 19 heavy (non-hydrogen) atoms. The Morgan fingerprint density at radius 2 is 2.11 bits per heavy atom. The molecule has 2 atom stereocenters. The smallest absolute Gasteiger partial charge is 0.260 e. The van der Waals surface area contributed by atoms with Crippen LogP contribution in [0.15, 0.2) is 18.2 Å². The van der Waals surface area contributed by atoms with E-state index in [9.17, 15) is 9.90 Å². The minimum Gasteiger partial charge on any atom is -0.497 e. The maximum atomic E-state index is 11.7. The SMILES string of the molecule is CCNC(=O)C(C)Oc1cc(OC)ccc1[C@@H](C)O. The molecule has 1 aromatic rings. The van der Waals surface area contributed by atoms with Crippen LogP contribution in [-0.4, -0.2) is 30.8 Å². The fourth-order valence-corrected chi connectivity index (χ4v) is 1.65. The van der Waals surface area contributed by atoms with Gasteiger partial charge in [-0.2, -0.15) is 0 Å². The highest BCUT2D eigenvalue weighted by atomic mass is 16.5. The van der Waals surface area contributed by atoms with Gasteiger partial charge in [0.2, 0.25) is 0 Å². The van der Waals surface area contributed by atoms with Gasteiger partial charge < -0.3 is 19.9 Å². The van der Waals surface area contributed by atoms with Crippen LogP contribution < -0.4 is 14.8 Å². The summed E-state index contributed by atoms with van der Waals surface area (Å²) in [7, 11) is 1.55. The third-order valence-corrected chi connectivity index (χ3v) is 2.69.